The number of ketones is 1. The Morgan fingerprint density at radius 3 is 2.53 bits per heavy atom. The number of benzene rings is 3. The fourth-order valence-electron chi connectivity index (χ4n) is 4.27. The molecule has 166 valence electrons. The van der Waals surface area contributed by atoms with E-state index in [1.807, 2.05) is 0 Å². The van der Waals surface area contributed by atoms with Gasteiger partial charge in [-0.3, -0.25) is 0 Å². The summed E-state index contributed by atoms with van der Waals surface area (Å²) in [5, 5.41) is 7.42. The van der Waals surface area contributed by atoms with Crippen LogP contribution in [0.15, 0.2) is 48.5 Å². The van der Waals surface area contributed by atoms with Crippen LogP contribution in [0.2, 0.25) is 0 Å². The van der Waals surface area contributed by atoms with Crippen molar-refractivity contribution in [2.24, 2.45) is 0 Å². The Morgan fingerprint density at radius 2 is 1.78 bits per heavy atom. The zero-order valence-corrected chi connectivity index (χ0v) is 21.0. The molecule has 1 N–H and O–H groups in total. The molecule has 32 heavy (non-hydrogen) atoms. The molecule has 1 aliphatic carbocycles. The van der Waals surface area contributed by atoms with Gasteiger partial charge in [0.25, 0.3) is 0 Å². The molecule has 0 bridgehead atoms. The molecule has 0 saturated carbocycles. The maximum atomic E-state index is 11.1. The summed E-state index contributed by atoms with van der Waals surface area (Å²) < 4.78 is 5.10. The van der Waals surface area contributed by atoms with Crippen molar-refractivity contribution < 1.29 is 4.79 Å². The van der Waals surface area contributed by atoms with Crippen molar-refractivity contribution in [3.8, 4) is 10.1 Å². The predicted octanol–water partition coefficient (Wildman–Crippen LogP) is 4.92. The van der Waals surface area contributed by atoms with Crippen LogP contribution in [0.3, 0.4) is 0 Å². The van der Waals surface area contributed by atoms with E-state index in [0.29, 0.717) is 6.42 Å². The number of carbonyl (C=O) groups is 1. The van der Waals surface area contributed by atoms with Crippen molar-refractivity contribution in [2.45, 2.75) is 46.5 Å². The van der Waals surface area contributed by atoms with Gasteiger partial charge in [0.2, 0.25) is 0 Å². The molecule has 0 saturated heterocycles. The third-order valence-electron chi connectivity index (χ3n) is 6.03. The number of unbranched alkanes of at least 4 members (excludes halogenated alkanes) is 2. The Labute approximate surface area is 196 Å². The van der Waals surface area contributed by atoms with Crippen molar-refractivity contribution in [1.29, 1.82) is 0 Å². The summed E-state index contributed by atoms with van der Waals surface area (Å²) in [5.74, 6) is 0.286. The molecular formula is C27H32N3OSe+. The number of hydrogen-bond donors (Lipinski definition) is 1. The number of anilines is 1. The van der Waals surface area contributed by atoms with Gasteiger partial charge in [0, 0.05) is 0 Å². The molecule has 2 aromatic carbocycles. The van der Waals surface area contributed by atoms with Crippen molar-refractivity contribution in [3.05, 3.63) is 53.9 Å². The van der Waals surface area contributed by atoms with Crippen LogP contribution < -0.4 is 15.2 Å². The molecule has 0 atom stereocenters. The molecule has 0 aromatic heterocycles. The number of aromatic nitrogens is 1. The number of rotatable bonds is 9. The van der Waals surface area contributed by atoms with Crippen molar-refractivity contribution in [1.82, 2.24) is 9.56 Å². The van der Waals surface area contributed by atoms with Crippen molar-refractivity contribution in [2.75, 3.05) is 25.0 Å². The normalized spacial score (nSPS) is 11.3. The molecule has 0 spiro atoms. The maximum absolute atomic E-state index is 11.1. The Hall–Kier alpha value is -2.49. The van der Waals surface area contributed by atoms with Crippen LogP contribution in [0.5, 0.6) is 0 Å². The minimum absolute atomic E-state index is 0.220. The summed E-state index contributed by atoms with van der Waals surface area (Å²) in [7, 11) is 0. The van der Waals surface area contributed by atoms with E-state index in [0.717, 1.165) is 50.1 Å². The van der Waals surface area contributed by atoms with E-state index in [2.05, 4.69) is 72.3 Å². The summed E-state index contributed by atoms with van der Waals surface area (Å²) in [6, 6.07) is 17.7. The average Bonchev–Trinajstić information content (AvgIpc) is 2.80. The van der Waals surface area contributed by atoms with Gasteiger partial charge >= 0.3 is 196 Å². The molecule has 4 rings (SSSR count). The van der Waals surface area contributed by atoms with Crippen LogP contribution in [-0.2, 0) is 4.79 Å². The zero-order chi connectivity index (χ0) is 22.5. The van der Waals surface area contributed by atoms with Crippen LogP contribution in [0.25, 0.3) is 30.7 Å². The Balaban J connectivity index is 1.72. The zero-order valence-electron chi connectivity index (χ0n) is 19.3. The molecule has 4 nitrogen and oxygen atoms in total. The Morgan fingerprint density at radius 1 is 1.00 bits per heavy atom. The summed E-state index contributed by atoms with van der Waals surface area (Å²) in [6.45, 7) is 9.04. The van der Waals surface area contributed by atoms with Gasteiger partial charge in [0.15, 0.2) is 0 Å². The van der Waals surface area contributed by atoms with E-state index in [4.69, 9.17) is 4.98 Å². The van der Waals surface area contributed by atoms with Gasteiger partial charge in [-0.2, -0.15) is 0 Å². The molecule has 1 heterocycles. The van der Waals surface area contributed by atoms with Crippen LogP contribution >= 0.6 is 0 Å². The van der Waals surface area contributed by atoms with Crippen molar-refractivity contribution in [3.63, 3.8) is 0 Å². The number of fused-ring (bicyclic) bond motifs is 4. The molecule has 0 unspecified atom stereocenters. The molecule has 5 heteroatoms. The monoisotopic (exact) mass is 494 g/mol. The third-order valence-corrected chi connectivity index (χ3v) is 8.29. The van der Waals surface area contributed by atoms with E-state index in [9.17, 15) is 4.79 Å². The van der Waals surface area contributed by atoms with Gasteiger partial charge in [-0.15, -0.1) is 0 Å². The molecule has 2 aromatic rings. The first-order valence-corrected chi connectivity index (χ1v) is 13.4. The standard InChI is InChI=1S/C27H31N3OSe/c1-4-30(5-2)20-14-15-23-25(17-20)32-26-18-24(28-16-10-6-7-11-19(3)31)21-12-8-9-13-22(21)27(26)29-23/h8-9,12-15,17-18H,4-7,10-11,16H2,1-3H3/p+1. The molecular weight excluding hydrogens is 461 g/mol. The second kappa shape index (κ2) is 10.4. The molecule has 1 aliphatic heterocycles. The van der Waals surface area contributed by atoms with Crippen LogP contribution in [0.1, 0.15) is 46.5 Å². The van der Waals surface area contributed by atoms with E-state index >= 15 is 0 Å². The van der Waals surface area contributed by atoms with Gasteiger partial charge < -0.3 is 0 Å². The quantitative estimate of drug-likeness (QED) is 0.118. The van der Waals surface area contributed by atoms with Gasteiger partial charge in [-0.25, -0.2) is 0 Å². The molecule has 0 amide bonds. The van der Waals surface area contributed by atoms with Crippen LogP contribution in [0, 0.1) is 0 Å². The first-order valence-electron chi connectivity index (χ1n) is 11.7. The first kappa shape index (κ1) is 22.7. The Kier molecular flexibility index (Phi) is 7.39. The van der Waals surface area contributed by atoms with Gasteiger partial charge in [-0.05, 0) is 0 Å². The fourth-order valence-corrected chi connectivity index (χ4v) is 6.51. The molecule has 0 radical (unpaired) electrons. The third kappa shape index (κ3) is 4.95. The fraction of sp³-hybridized carbons (Fsp3) is 0.370. The number of hydrogen-bond acceptors (Lipinski definition) is 3. The first-order chi connectivity index (χ1) is 15.6. The Bertz CT molecular complexity index is 1290. The summed E-state index contributed by atoms with van der Waals surface area (Å²) in [4.78, 5) is 16.2. The number of nitrogens with one attached hydrogen (secondary N) is 1. The average molecular weight is 494 g/mol. The molecule has 2 aliphatic rings. The van der Waals surface area contributed by atoms with E-state index in [1.165, 1.54) is 30.5 Å². The predicted molar refractivity (Wildman–Crippen MR) is 137 cm³/mol. The second-order valence-electron chi connectivity index (χ2n) is 8.29. The number of carbonyl (C=O) groups excluding carboxylic acids is 1. The van der Waals surface area contributed by atoms with Gasteiger partial charge in [-0.1, -0.05) is 0 Å². The number of nitrogens with zero attached hydrogens (tertiary/aromatic N) is 2. The van der Waals surface area contributed by atoms with Gasteiger partial charge in [0.05, 0.1) is 0 Å². The summed E-state index contributed by atoms with van der Waals surface area (Å²) >= 11 is 0.220. The minimum atomic E-state index is 0.220. The van der Waals surface area contributed by atoms with Crippen LogP contribution in [0.4, 0.5) is 5.69 Å². The van der Waals surface area contributed by atoms with Crippen LogP contribution in [-0.4, -0.2) is 44.9 Å². The number of Topliss-reactive ketones (excluding diaryl/α,β-unsaturated/α-hetero) is 1. The van der Waals surface area contributed by atoms with E-state index in [1.54, 1.807) is 6.92 Å². The topological polar surface area (TPSA) is 45.0 Å². The second-order valence-corrected chi connectivity index (χ2v) is 10.6. The molecule has 0 fully saturated rings. The van der Waals surface area contributed by atoms with Gasteiger partial charge in [0.1, 0.15) is 0 Å². The van der Waals surface area contributed by atoms with Crippen molar-refractivity contribution >= 4 is 46.5 Å². The summed E-state index contributed by atoms with van der Waals surface area (Å²) in [6.07, 6.45) is 3.83. The van der Waals surface area contributed by atoms with E-state index in [-0.39, 0.29) is 20.3 Å². The SMILES string of the molecule is CC[N+](CC)=c1ccc2nc3c(cc(NCCCCCC(C)=O)c4ccccc43)[se]c-2c1. The van der Waals surface area contributed by atoms with E-state index < -0.39 is 0 Å². The summed E-state index contributed by atoms with van der Waals surface area (Å²) in [5.41, 5.74) is 3.45.